The minimum atomic E-state index is -1.05. The van der Waals surface area contributed by atoms with Crippen LogP contribution in [0.3, 0.4) is 0 Å². The molecule has 1 aromatic carbocycles. The number of anilines is 2. The van der Waals surface area contributed by atoms with E-state index in [1.807, 2.05) is 26.0 Å². The second kappa shape index (κ2) is 10.4. The van der Waals surface area contributed by atoms with Crippen molar-refractivity contribution in [3.63, 3.8) is 0 Å². The van der Waals surface area contributed by atoms with Crippen LogP contribution in [-0.4, -0.2) is 37.6 Å². The predicted octanol–water partition coefficient (Wildman–Crippen LogP) is 6.63. The number of carbonyl (C=O) groups is 2. The summed E-state index contributed by atoms with van der Waals surface area (Å²) in [5.41, 5.74) is 9.16. The highest BCUT2D eigenvalue weighted by Crippen LogP contribution is 2.41. The lowest BCUT2D eigenvalue weighted by molar-refractivity contribution is -0.123. The number of halogens is 1. The van der Waals surface area contributed by atoms with Gasteiger partial charge in [0, 0.05) is 34.7 Å². The highest BCUT2D eigenvalue weighted by atomic mass is 35.5. The number of carboxylic acid groups (broad SMARTS) is 1. The fourth-order valence-corrected chi connectivity index (χ4v) is 6.39. The molecule has 3 N–H and O–H groups in total. The van der Waals surface area contributed by atoms with Gasteiger partial charge in [-0.3, -0.25) is 4.79 Å². The van der Waals surface area contributed by atoms with Gasteiger partial charge in [0.05, 0.1) is 16.4 Å². The van der Waals surface area contributed by atoms with Crippen molar-refractivity contribution in [2.45, 2.75) is 52.5 Å². The van der Waals surface area contributed by atoms with Crippen LogP contribution in [-0.2, 0) is 4.79 Å². The summed E-state index contributed by atoms with van der Waals surface area (Å²) in [5, 5.41) is 15.0. The first-order chi connectivity index (χ1) is 18.1. The van der Waals surface area contributed by atoms with E-state index < -0.39 is 5.97 Å². The summed E-state index contributed by atoms with van der Waals surface area (Å²) in [6.07, 6.45) is 5.33. The van der Waals surface area contributed by atoms with E-state index >= 15 is 0 Å². The molecule has 1 aliphatic rings. The second-order valence-electron chi connectivity index (χ2n) is 10.3. The van der Waals surface area contributed by atoms with Gasteiger partial charge < -0.3 is 15.7 Å². The number of aromatic nitrogens is 3. The molecule has 1 amide bonds. The highest BCUT2D eigenvalue weighted by Gasteiger charge is 2.33. The number of benzene rings is 1. The Morgan fingerprint density at radius 1 is 1.16 bits per heavy atom. The topological polar surface area (TPSA) is 114 Å². The number of nitrogen functional groups attached to an aromatic ring is 1. The molecule has 0 radical (unpaired) electrons. The normalized spacial score (nSPS) is 17.7. The van der Waals surface area contributed by atoms with E-state index in [0.29, 0.717) is 39.4 Å². The van der Waals surface area contributed by atoms with Crippen molar-refractivity contribution >= 4 is 52.0 Å². The number of fused-ring (bicyclic) bond motifs is 1. The molecule has 10 heteroatoms. The average Bonchev–Trinajstić information content (AvgIpc) is 3.50. The lowest BCUT2D eigenvalue weighted by atomic mass is 9.82. The minimum absolute atomic E-state index is 0.00635. The van der Waals surface area contributed by atoms with Gasteiger partial charge in [0.2, 0.25) is 5.91 Å². The Bertz CT molecular complexity index is 1520. The van der Waals surface area contributed by atoms with Crippen LogP contribution in [0.2, 0.25) is 5.02 Å². The molecule has 0 spiro atoms. The summed E-state index contributed by atoms with van der Waals surface area (Å²) < 4.78 is 1.55. The van der Waals surface area contributed by atoms with Crippen molar-refractivity contribution < 1.29 is 14.7 Å². The van der Waals surface area contributed by atoms with Crippen LogP contribution < -0.4 is 10.6 Å². The number of carbonyl (C=O) groups excluding carboxylic acids is 1. The zero-order valence-corrected chi connectivity index (χ0v) is 23.1. The Hall–Kier alpha value is -3.43. The molecule has 8 nitrogen and oxygen atoms in total. The van der Waals surface area contributed by atoms with Crippen LogP contribution in [0.5, 0.6) is 0 Å². The maximum absolute atomic E-state index is 13.6. The Balaban J connectivity index is 1.50. The smallest absolute Gasteiger partial charge is 0.348 e. The number of hydrogen-bond donors (Lipinski definition) is 2. The molecular weight excluding hydrogens is 522 g/mol. The van der Waals surface area contributed by atoms with Gasteiger partial charge in [-0.15, -0.1) is 11.3 Å². The molecule has 0 bridgehead atoms. The summed E-state index contributed by atoms with van der Waals surface area (Å²) in [6, 6.07) is 10.6. The summed E-state index contributed by atoms with van der Waals surface area (Å²) in [4.78, 5) is 32.7. The SMILES string of the molecule is CC(C)N(c1cc(-c2ccc(-c3cc4nccc(N)n4n3)c(Cl)c2)sc1C(=O)O)C(=O)[C@H]1CC[C@H](C)CC1. The first kappa shape index (κ1) is 26.2. The molecule has 0 atom stereocenters. The molecule has 0 unspecified atom stereocenters. The van der Waals surface area contributed by atoms with Crippen molar-refractivity contribution in [3.05, 3.63) is 52.5 Å². The first-order valence-electron chi connectivity index (χ1n) is 12.7. The van der Waals surface area contributed by atoms with Gasteiger partial charge in [-0.1, -0.05) is 30.7 Å². The molecule has 1 fully saturated rings. The van der Waals surface area contributed by atoms with Gasteiger partial charge in [-0.25, -0.2) is 9.78 Å². The van der Waals surface area contributed by atoms with E-state index in [0.717, 1.165) is 47.5 Å². The third-order valence-electron chi connectivity index (χ3n) is 7.20. The number of nitrogens with two attached hydrogens (primary N) is 1. The lowest BCUT2D eigenvalue weighted by Crippen LogP contribution is -2.42. The van der Waals surface area contributed by atoms with Gasteiger partial charge >= 0.3 is 5.97 Å². The molecule has 3 heterocycles. The second-order valence-corrected chi connectivity index (χ2v) is 11.7. The Kier molecular flexibility index (Phi) is 7.15. The van der Waals surface area contributed by atoms with Crippen molar-refractivity contribution in [1.29, 1.82) is 0 Å². The van der Waals surface area contributed by atoms with Crippen molar-refractivity contribution in [3.8, 4) is 21.7 Å². The van der Waals surface area contributed by atoms with E-state index in [1.54, 1.807) is 39.9 Å². The zero-order chi connectivity index (χ0) is 27.1. The maximum Gasteiger partial charge on any atom is 0.348 e. The monoisotopic (exact) mass is 551 g/mol. The number of nitrogens with zero attached hydrogens (tertiary/aromatic N) is 4. The number of hydrogen-bond acceptors (Lipinski definition) is 6. The molecule has 0 aliphatic heterocycles. The average molecular weight is 552 g/mol. The van der Waals surface area contributed by atoms with E-state index in [1.165, 1.54) is 0 Å². The van der Waals surface area contributed by atoms with Gasteiger partial charge in [0.1, 0.15) is 10.7 Å². The highest BCUT2D eigenvalue weighted by molar-refractivity contribution is 7.18. The van der Waals surface area contributed by atoms with Crippen molar-refractivity contribution in [1.82, 2.24) is 14.6 Å². The third-order valence-corrected chi connectivity index (χ3v) is 8.68. The Morgan fingerprint density at radius 2 is 1.89 bits per heavy atom. The van der Waals surface area contributed by atoms with Crippen molar-refractivity contribution in [2.75, 3.05) is 10.6 Å². The van der Waals surface area contributed by atoms with Gasteiger partial charge in [-0.2, -0.15) is 9.61 Å². The fraction of sp³-hybridized carbons (Fsp3) is 0.357. The standard InChI is InChI=1S/C28H30ClN5O3S/c1-15(2)33(27(35)17-6-4-16(3)5-7-17)22-14-23(38-26(22)28(36)37)18-8-9-19(20(29)12-18)21-13-25-31-11-10-24(30)34(25)32-21/h8-17H,4-7,30H2,1-3H3,(H,36,37)/t16-,17-. The predicted molar refractivity (Wildman–Crippen MR) is 152 cm³/mol. The molecule has 38 heavy (non-hydrogen) atoms. The minimum Gasteiger partial charge on any atom is -0.477 e. The zero-order valence-electron chi connectivity index (χ0n) is 21.5. The molecule has 4 aromatic rings. The number of amides is 1. The van der Waals surface area contributed by atoms with Crippen LogP contribution in [0.15, 0.2) is 42.6 Å². The van der Waals surface area contributed by atoms with Crippen LogP contribution >= 0.6 is 22.9 Å². The molecule has 5 rings (SSSR count). The molecule has 1 saturated carbocycles. The number of carboxylic acids is 1. The van der Waals surface area contributed by atoms with Crippen molar-refractivity contribution in [2.24, 2.45) is 11.8 Å². The Labute approximate surface area is 230 Å². The van der Waals surface area contributed by atoms with Gasteiger partial charge in [0.25, 0.3) is 0 Å². The van der Waals surface area contributed by atoms with E-state index in [9.17, 15) is 14.7 Å². The number of rotatable bonds is 6. The fourth-order valence-electron chi connectivity index (χ4n) is 5.13. The lowest BCUT2D eigenvalue weighted by Gasteiger charge is -2.33. The van der Waals surface area contributed by atoms with E-state index in [-0.39, 0.29) is 22.7 Å². The summed E-state index contributed by atoms with van der Waals surface area (Å²) in [6.45, 7) is 6.06. The molecule has 198 valence electrons. The van der Waals surface area contributed by atoms with Crippen LogP contribution in [0.4, 0.5) is 11.5 Å². The summed E-state index contributed by atoms with van der Waals surface area (Å²) in [7, 11) is 0. The number of thiophene rings is 1. The molecule has 3 aromatic heterocycles. The third kappa shape index (κ3) is 4.88. The molecule has 1 aliphatic carbocycles. The summed E-state index contributed by atoms with van der Waals surface area (Å²) >= 11 is 7.84. The van der Waals surface area contributed by atoms with Crippen LogP contribution in [0.1, 0.15) is 56.1 Å². The summed E-state index contributed by atoms with van der Waals surface area (Å²) in [5.74, 6) is -0.0401. The molecular formula is C28H30ClN5O3S. The number of aromatic carboxylic acids is 1. The molecule has 0 saturated heterocycles. The quantitative estimate of drug-likeness (QED) is 0.278. The first-order valence-corrected chi connectivity index (χ1v) is 13.9. The largest absolute Gasteiger partial charge is 0.477 e. The van der Waals surface area contributed by atoms with Gasteiger partial charge in [0.15, 0.2) is 5.65 Å². The van der Waals surface area contributed by atoms with Crippen LogP contribution in [0, 0.1) is 11.8 Å². The Morgan fingerprint density at radius 3 is 2.53 bits per heavy atom. The van der Waals surface area contributed by atoms with Gasteiger partial charge in [-0.05, 0) is 69.2 Å². The maximum atomic E-state index is 13.6. The van der Waals surface area contributed by atoms with E-state index in [4.69, 9.17) is 17.3 Å². The van der Waals surface area contributed by atoms with Crippen LogP contribution in [0.25, 0.3) is 27.3 Å². The van der Waals surface area contributed by atoms with E-state index in [2.05, 4.69) is 17.0 Å².